The van der Waals surface area contributed by atoms with E-state index >= 15 is 0 Å². The summed E-state index contributed by atoms with van der Waals surface area (Å²) in [6, 6.07) is 3.34. The summed E-state index contributed by atoms with van der Waals surface area (Å²) in [5.41, 5.74) is 2.97. The van der Waals surface area contributed by atoms with Crippen molar-refractivity contribution >= 4 is 21.8 Å². The average Bonchev–Trinajstić information content (AvgIpc) is 2.96. The van der Waals surface area contributed by atoms with Gasteiger partial charge < -0.3 is 5.32 Å². The monoisotopic (exact) mass is 404 g/mol. The second-order valence-corrected chi connectivity index (χ2v) is 9.10. The Kier molecular flexibility index (Phi) is 4.82. The molecule has 8 nitrogen and oxygen atoms in total. The van der Waals surface area contributed by atoms with E-state index in [2.05, 4.69) is 10.4 Å². The zero-order valence-electron chi connectivity index (χ0n) is 16.8. The van der Waals surface area contributed by atoms with E-state index in [1.807, 2.05) is 27.8 Å². The van der Waals surface area contributed by atoms with E-state index in [1.165, 1.54) is 18.2 Å². The number of hydrogen-bond donors (Lipinski definition) is 1. The van der Waals surface area contributed by atoms with Crippen LogP contribution in [-0.2, 0) is 17.1 Å². The number of fused-ring (bicyclic) bond motifs is 1. The Morgan fingerprint density at radius 1 is 1.18 bits per heavy atom. The van der Waals surface area contributed by atoms with Gasteiger partial charge in [-0.3, -0.25) is 14.3 Å². The van der Waals surface area contributed by atoms with Crippen molar-refractivity contribution in [3.05, 3.63) is 46.3 Å². The highest BCUT2D eigenvalue weighted by Crippen LogP contribution is 2.32. The smallest absolute Gasteiger partial charge is 0.269 e. The molecule has 1 N–H and O–H groups in total. The minimum atomic E-state index is -3.95. The van der Waals surface area contributed by atoms with Crippen LogP contribution < -0.4 is 5.32 Å². The van der Waals surface area contributed by atoms with E-state index in [4.69, 9.17) is 0 Å². The molecular formula is C19H24N4O4S. The molecule has 9 heteroatoms. The lowest BCUT2D eigenvalue weighted by Crippen LogP contribution is -2.36. The summed E-state index contributed by atoms with van der Waals surface area (Å²) in [7, 11) is -2.11. The van der Waals surface area contributed by atoms with Crippen molar-refractivity contribution in [1.82, 2.24) is 19.4 Å². The number of aryl methyl sites for hydroxylation is 2. The minimum absolute atomic E-state index is 0.0947. The van der Waals surface area contributed by atoms with Crippen LogP contribution in [0, 0.1) is 13.8 Å². The number of nitrogens with one attached hydrogen (secondary N) is 1. The van der Waals surface area contributed by atoms with Gasteiger partial charge >= 0.3 is 0 Å². The van der Waals surface area contributed by atoms with Crippen LogP contribution in [0.3, 0.4) is 0 Å². The summed E-state index contributed by atoms with van der Waals surface area (Å²) in [6.45, 7) is 8.92. The number of nitrogens with zero attached hydrogens (tertiary/aromatic N) is 3. The molecule has 150 valence electrons. The molecule has 0 spiro atoms. The summed E-state index contributed by atoms with van der Waals surface area (Å²) in [5, 5.41) is 7.24. The molecule has 0 saturated carbocycles. The van der Waals surface area contributed by atoms with Gasteiger partial charge in [0.1, 0.15) is 4.90 Å². The first kappa shape index (κ1) is 20.1. The van der Waals surface area contributed by atoms with Gasteiger partial charge in [-0.1, -0.05) is 0 Å². The number of carbonyl (C=O) groups is 2. The lowest BCUT2D eigenvalue weighted by Gasteiger charge is -2.18. The zero-order valence-corrected chi connectivity index (χ0v) is 17.6. The van der Waals surface area contributed by atoms with Gasteiger partial charge in [0.2, 0.25) is 0 Å². The number of aromatic nitrogens is 2. The van der Waals surface area contributed by atoms with Gasteiger partial charge in [0.15, 0.2) is 0 Å². The fourth-order valence-electron chi connectivity index (χ4n) is 3.67. The maximum absolute atomic E-state index is 12.7. The Labute approximate surface area is 164 Å². The van der Waals surface area contributed by atoms with Gasteiger partial charge in [-0.2, -0.15) is 5.10 Å². The Balaban J connectivity index is 1.92. The molecule has 2 amide bonds. The topological polar surface area (TPSA) is 101 Å². The van der Waals surface area contributed by atoms with E-state index in [0.717, 1.165) is 21.3 Å². The lowest BCUT2D eigenvalue weighted by atomic mass is 10.1. The largest absolute Gasteiger partial charge is 0.345 e. The normalized spacial score (nSPS) is 16.4. The number of sulfonamides is 1. The first-order chi connectivity index (χ1) is 13.0. The molecule has 1 unspecified atom stereocenters. The molecule has 1 aromatic carbocycles. The molecule has 2 heterocycles. The van der Waals surface area contributed by atoms with Crippen LogP contribution in [0.15, 0.2) is 23.1 Å². The predicted molar refractivity (Wildman–Crippen MR) is 103 cm³/mol. The molecular weight excluding hydrogens is 380 g/mol. The Bertz CT molecular complexity index is 1090. The van der Waals surface area contributed by atoms with Crippen LogP contribution in [0.25, 0.3) is 0 Å². The highest BCUT2D eigenvalue weighted by Gasteiger charge is 2.43. The number of carbonyl (C=O) groups excluding carboxylic acids is 2. The Morgan fingerprint density at radius 3 is 2.36 bits per heavy atom. The third kappa shape index (κ3) is 2.99. The zero-order chi connectivity index (χ0) is 21.0. The van der Waals surface area contributed by atoms with Crippen molar-refractivity contribution in [1.29, 1.82) is 0 Å². The number of hydrogen-bond acceptors (Lipinski definition) is 5. The molecule has 0 fully saturated rings. The van der Waals surface area contributed by atoms with Gasteiger partial charge in [-0.05, 0) is 52.8 Å². The highest BCUT2D eigenvalue weighted by molar-refractivity contribution is 7.90. The second-order valence-electron chi connectivity index (χ2n) is 7.31. The van der Waals surface area contributed by atoms with Crippen molar-refractivity contribution in [2.24, 2.45) is 7.05 Å². The van der Waals surface area contributed by atoms with E-state index in [9.17, 15) is 18.0 Å². The predicted octanol–water partition coefficient (Wildman–Crippen LogP) is 2.08. The number of benzene rings is 1. The lowest BCUT2D eigenvalue weighted by molar-refractivity contribution is 0.0845. The third-order valence-electron chi connectivity index (χ3n) is 5.03. The van der Waals surface area contributed by atoms with Crippen LogP contribution in [0.4, 0.5) is 0 Å². The van der Waals surface area contributed by atoms with Crippen molar-refractivity contribution < 1.29 is 18.0 Å². The molecule has 0 aliphatic carbocycles. The average molecular weight is 404 g/mol. The molecule has 0 bridgehead atoms. The Morgan fingerprint density at radius 2 is 1.82 bits per heavy atom. The maximum Gasteiger partial charge on any atom is 0.269 e. The fraction of sp³-hybridized carbons (Fsp3) is 0.421. The van der Waals surface area contributed by atoms with Crippen LogP contribution in [0.2, 0.25) is 0 Å². The van der Waals surface area contributed by atoms with Crippen LogP contribution in [0.1, 0.15) is 64.5 Å². The van der Waals surface area contributed by atoms with Gasteiger partial charge in [0.05, 0.1) is 17.3 Å². The fourth-order valence-corrected chi connectivity index (χ4v) is 5.46. The van der Waals surface area contributed by atoms with Crippen molar-refractivity contribution in [2.75, 3.05) is 0 Å². The van der Waals surface area contributed by atoms with Gasteiger partial charge in [-0.15, -0.1) is 0 Å². The van der Waals surface area contributed by atoms with E-state index < -0.39 is 27.9 Å². The summed E-state index contributed by atoms with van der Waals surface area (Å²) >= 11 is 0. The maximum atomic E-state index is 12.7. The molecule has 0 saturated heterocycles. The summed E-state index contributed by atoms with van der Waals surface area (Å²) in [5.74, 6) is -0.976. The molecule has 1 aliphatic rings. The summed E-state index contributed by atoms with van der Waals surface area (Å²) < 4.78 is 28.0. The quantitative estimate of drug-likeness (QED) is 0.841. The minimum Gasteiger partial charge on any atom is -0.345 e. The van der Waals surface area contributed by atoms with Gasteiger partial charge in [0.25, 0.3) is 21.8 Å². The molecule has 1 aromatic heterocycles. The van der Waals surface area contributed by atoms with Crippen molar-refractivity contribution in [3.8, 4) is 0 Å². The molecule has 1 aliphatic heterocycles. The third-order valence-corrected chi connectivity index (χ3v) is 7.02. The molecule has 3 rings (SSSR count). The first-order valence-electron chi connectivity index (χ1n) is 9.00. The Hall–Kier alpha value is -2.68. The second kappa shape index (κ2) is 6.73. The van der Waals surface area contributed by atoms with Gasteiger partial charge in [-0.25, -0.2) is 12.7 Å². The van der Waals surface area contributed by atoms with Crippen molar-refractivity contribution in [2.45, 2.75) is 51.6 Å². The first-order valence-corrected chi connectivity index (χ1v) is 10.4. The SMILES string of the molecule is Cc1nn(C)c(C)c1C(C)NC(=O)c1ccc2c(c1)S(=O)(=O)N(C(C)C)C2=O. The molecule has 28 heavy (non-hydrogen) atoms. The van der Waals surface area contributed by atoms with E-state index in [1.54, 1.807) is 18.5 Å². The standard InChI is InChI=1S/C19H24N4O4S/c1-10(2)23-19(25)15-8-7-14(9-16(15)28(23,26)27)18(24)20-11(3)17-12(4)21-22(6)13(17)5/h7-11H,1-6H3,(H,20,24). The highest BCUT2D eigenvalue weighted by atomic mass is 32.2. The van der Waals surface area contributed by atoms with Crippen LogP contribution >= 0.6 is 0 Å². The van der Waals surface area contributed by atoms with Crippen molar-refractivity contribution in [3.63, 3.8) is 0 Å². The number of rotatable bonds is 4. The molecule has 1 atom stereocenters. The van der Waals surface area contributed by atoms with E-state index in [-0.39, 0.29) is 22.1 Å². The summed E-state index contributed by atoms with van der Waals surface area (Å²) in [4.78, 5) is 25.0. The van der Waals surface area contributed by atoms with Crippen LogP contribution in [-0.4, -0.2) is 40.4 Å². The van der Waals surface area contributed by atoms with E-state index in [0.29, 0.717) is 0 Å². The molecule has 0 radical (unpaired) electrons. The molecule has 2 aromatic rings. The number of amides is 2. The van der Waals surface area contributed by atoms with Gasteiger partial charge in [0, 0.05) is 29.9 Å². The summed E-state index contributed by atoms with van der Waals surface area (Å²) in [6.07, 6.45) is 0. The van der Waals surface area contributed by atoms with Crippen LogP contribution in [0.5, 0.6) is 0 Å².